The molecule has 0 unspecified atom stereocenters. The lowest BCUT2D eigenvalue weighted by Gasteiger charge is -2.17. The highest BCUT2D eigenvalue weighted by Crippen LogP contribution is 2.35. The molecule has 0 saturated carbocycles. The van der Waals surface area contributed by atoms with Crippen LogP contribution in [0, 0.1) is 11.6 Å². The van der Waals surface area contributed by atoms with Gasteiger partial charge < -0.3 is 15.2 Å². The van der Waals surface area contributed by atoms with Crippen molar-refractivity contribution < 1.29 is 23.4 Å². The largest absolute Gasteiger partial charge is 0.484 e. The van der Waals surface area contributed by atoms with E-state index in [4.69, 9.17) is 4.74 Å². The molecule has 0 aliphatic rings. The van der Waals surface area contributed by atoms with Crippen molar-refractivity contribution in [2.75, 3.05) is 5.32 Å². The number of carboxylic acid groups (broad SMARTS) is 1. The lowest BCUT2D eigenvalue weighted by molar-refractivity contribution is 0.0697. The van der Waals surface area contributed by atoms with Crippen LogP contribution in [-0.2, 0) is 6.61 Å². The van der Waals surface area contributed by atoms with Crippen molar-refractivity contribution in [3.05, 3.63) is 89.5 Å². The van der Waals surface area contributed by atoms with E-state index < -0.39 is 17.6 Å². The number of aromatic carboxylic acids is 1. The van der Waals surface area contributed by atoms with Gasteiger partial charge in [0.15, 0.2) is 11.6 Å². The maximum atomic E-state index is 14.3. The number of hydrogen-bond donors (Lipinski definition) is 2. The summed E-state index contributed by atoms with van der Waals surface area (Å²) in [6.07, 6.45) is 0. The van der Waals surface area contributed by atoms with Crippen molar-refractivity contribution in [3.63, 3.8) is 0 Å². The number of halogens is 2. The van der Waals surface area contributed by atoms with Gasteiger partial charge in [-0.25, -0.2) is 13.6 Å². The van der Waals surface area contributed by atoms with Crippen molar-refractivity contribution in [3.8, 4) is 5.75 Å². The Morgan fingerprint density at radius 2 is 1.62 bits per heavy atom. The van der Waals surface area contributed by atoms with E-state index in [1.165, 1.54) is 18.2 Å². The van der Waals surface area contributed by atoms with Crippen molar-refractivity contribution in [2.24, 2.45) is 0 Å². The third-order valence-electron chi connectivity index (χ3n) is 3.70. The Kier molecular flexibility index (Phi) is 5.12. The van der Waals surface area contributed by atoms with E-state index in [2.05, 4.69) is 5.32 Å². The minimum absolute atomic E-state index is 0.0187. The number of carbonyl (C=O) groups is 1. The maximum Gasteiger partial charge on any atom is 0.337 e. The average molecular weight is 355 g/mol. The predicted molar refractivity (Wildman–Crippen MR) is 93.8 cm³/mol. The van der Waals surface area contributed by atoms with Crippen LogP contribution in [0.1, 0.15) is 15.9 Å². The number of anilines is 2. The molecule has 0 heterocycles. The molecule has 0 aliphatic carbocycles. The Bertz CT molecular complexity index is 930. The van der Waals surface area contributed by atoms with Crippen molar-refractivity contribution >= 4 is 17.3 Å². The molecule has 0 bridgehead atoms. The molecule has 3 rings (SSSR count). The van der Waals surface area contributed by atoms with Crippen LogP contribution < -0.4 is 10.1 Å². The van der Waals surface area contributed by atoms with Gasteiger partial charge in [-0.05, 0) is 29.8 Å². The summed E-state index contributed by atoms with van der Waals surface area (Å²) in [6.45, 7) is 0.0345. The molecule has 0 amide bonds. The van der Waals surface area contributed by atoms with Crippen LogP contribution in [0.4, 0.5) is 20.2 Å². The number of rotatable bonds is 6. The second kappa shape index (κ2) is 7.65. The van der Waals surface area contributed by atoms with Gasteiger partial charge in [0, 0.05) is 0 Å². The minimum Gasteiger partial charge on any atom is -0.484 e. The second-order valence-electron chi connectivity index (χ2n) is 5.48. The summed E-state index contributed by atoms with van der Waals surface area (Å²) in [4.78, 5) is 11.5. The summed E-state index contributed by atoms with van der Waals surface area (Å²) in [6, 6.07) is 16.9. The van der Waals surface area contributed by atoms with E-state index in [-0.39, 0.29) is 29.3 Å². The third-order valence-corrected chi connectivity index (χ3v) is 3.70. The molecule has 0 fully saturated rings. The second-order valence-corrected chi connectivity index (χ2v) is 5.48. The van der Waals surface area contributed by atoms with Gasteiger partial charge in [-0.3, -0.25) is 0 Å². The monoisotopic (exact) mass is 355 g/mol. The van der Waals surface area contributed by atoms with Gasteiger partial charge in [-0.2, -0.15) is 0 Å². The summed E-state index contributed by atoms with van der Waals surface area (Å²) in [5.74, 6) is -2.91. The first kappa shape index (κ1) is 17.4. The van der Waals surface area contributed by atoms with Gasteiger partial charge >= 0.3 is 5.97 Å². The van der Waals surface area contributed by atoms with Gasteiger partial charge in [0.25, 0.3) is 0 Å². The molecule has 4 nitrogen and oxygen atoms in total. The maximum absolute atomic E-state index is 14.3. The fourth-order valence-corrected chi connectivity index (χ4v) is 2.43. The summed E-state index contributed by atoms with van der Waals surface area (Å²) in [5, 5.41) is 12.0. The number of nitrogens with one attached hydrogen (secondary N) is 1. The van der Waals surface area contributed by atoms with Crippen molar-refractivity contribution in [2.45, 2.75) is 6.61 Å². The van der Waals surface area contributed by atoms with Crippen LogP contribution in [0.15, 0.2) is 66.7 Å². The quantitative estimate of drug-likeness (QED) is 0.654. The first-order chi connectivity index (χ1) is 12.6. The molecule has 0 radical (unpaired) electrons. The SMILES string of the molecule is O=C(O)c1ccc(F)c(OCc2ccccc2)c1Nc1ccccc1F. The third kappa shape index (κ3) is 3.80. The first-order valence-electron chi connectivity index (χ1n) is 7.80. The van der Waals surface area contributed by atoms with Gasteiger partial charge in [0.05, 0.1) is 16.9 Å². The summed E-state index contributed by atoms with van der Waals surface area (Å²) < 4.78 is 33.8. The molecule has 6 heteroatoms. The smallest absolute Gasteiger partial charge is 0.337 e. The van der Waals surface area contributed by atoms with Gasteiger partial charge in [-0.15, -0.1) is 0 Å². The van der Waals surface area contributed by atoms with Gasteiger partial charge in [0.2, 0.25) is 0 Å². The topological polar surface area (TPSA) is 58.6 Å². The zero-order valence-electron chi connectivity index (χ0n) is 13.6. The lowest BCUT2D eigenvalue weighted by atomic mass is 10.1. The summed E-state index contributed by atoms with van der Waals surface area (Å²) in [7, 11) is 0. The summed E-state index contributed by atoms with van der Waals surface area (Å²) in [5.41, 5.74) is 0.436. The average Bonchev–Trinajstić information content (AvgIpc) is 2.64. The van der Waals surface area contributed by atoms with Crippen LogP contribution in [0.2, 0.25) is 0 Å². The minimum atomic E-state index is -1.28. The number of benzene rings is 3. The van der Waals surface area contributed by atoms with Crippen molar-refractivity contribution in [1.82, 2.24) is 0 Å². The van der Waals surface area contributed by atoms with E-state index in [0.717, 1.165) is 17.7 Å². The fraction of sp³-hybridized carbons (Fsp3) is 0.0500. The highest BCUT2D eigenvalue weighted by molar-refractivity contribution is 5.97. The van der Waals surface area contributed by atoms with Crippen LogP contribution >= 0.6 is 0 Å². The normalized spacial score (nSPS) is 10.4. The van der Waals surface area contributed by atoms with Crippen LogP contribution in [0.25, 0.3) is 0 Å². The lowest BCUT2D eigenvalue weighted by Crippen LogP contribution is -2.08. The number of carboxylic acids is 1. The Morgan fingerprint density at radius 1 is 0.923 bits per heavy atom. The van der Waals surface area contributed by atoms with E-state index in [1.54, 1.807) is 30.3 Å². The molecule has 3 aromatic carbocycles. The van der Waals surface area contributed by atoms with E-state index in [1.807, 2.05) is 6.07 Å². The van der Waals surface area contributed by atoms with E-state index >= 15 is 0 Å². The van der Waals surface area contributed by atoms with Crippen LogP contribution in [0.5, 0.6) is 5.75 Å². The highest BCUT2D eigenvalue weighted by Gasteiger charge is 2.20. The Hall–Kier alpha value is -3.41. The van der Waals surface area contributed by atoms with Crippen LogP contribution in [0.3, 0.4) is 0 Å². The molecular formula is C20H15F2NO3. The molecule has 0 saturated heterocycles. The highest BCUT2D eigenvalue weighted by atomic mass is 19.1. The van der Waals surface area contributed by atoms with E-state index in [9.17, 15) is 18.7 Å². The Balaban J connectivity index is 2.00. The van der Waals surface area contributed by atoms with Crippen molar-refractivity contribution in [1.29, 1.82) is 0 Å². The molecule has 132 valence electrons. The number of ether oxygens (including phenoxy) is 1. The number of para-hydroxylation sites is 1. The molecule has 3 aromatic rings. The first-order valence-corrected chi connectivity index (χ1v) is 7.80. The molecule has 0 aliphatic heterocycles. The molecule has 2 N–H and O–H groups in total. The summed E-state index contributed by atoms with van der Waals surface area (Å²) >= 11 is 0. The molecular weight excluding hydrogens is 340 g/mol. The molecule has 0 aromatic heterocycles. The Morgan fingerprint density at radius 3 is 2.31 bits per heavy atom. The van der Waals surface area contributed by atoms with Gasteiger partial charge in [0.1, 0.15) is 12.4 Å². The Labute approximate surface area is 148 Å². The molecule has 0 spiro atoms. The van der Waals surface area contributed by atoms with Gasteiger partial charge in [-0.1, -0.05) is 42.5 Å². The fourth-order valence-electron chi connectivity index (χ4n) is 2.43. The zero-order chi connectivity index (χ0) is 18.5. The standard InChI is InChI=1S/C20H15F2NO3/c21-15-8-4-5-9-17(15)23-18-14(20(24)25)10-11-16(22)19(18)26-12-13-6-2-1-3-7-13/h1-11,23H,12H2,(H,24,25). The van der Waals surface area contributed by atoms with Crippen LogP contribution in [-0.4, -0.2) is 11.1 Å². The number of hydrogen-bond acceptors (Lipinski definition) is 3. The molecule has 0 atom stereocenters. The zero-order valence-corrected chi connectivity index (χ0v) is 13.6. The molecule has 26 heavy (non-hydrogen) atoms. The predicted octanol–water partition coefficient (Wildman–Crippen LogP) is 4.99. The van der Waals surface area contributed by atoms with E-state index in [0.29, 0.717) is 0 Å².